The molecule has 0 spiro atoms. The minimum Gasteiger partial charge on any atom is -0.394 e. The fraction of sp³-hybridized carbons (Fsp3) is 0.438. The quantitative estimate of drug-likeness (QED) is 0.599. The summed E-state index contributed by atoms with van der Waals surface area (Å²) in [5.41, 5.74) is 3.12. The summed E-state index contributed by atoms with van der Waals surface area (Å²) in [5.74, 6) is 0. The fourth-order valence-corrected chi connectivity index (χ4v) is 3.32. The molecule has 4 atom stereocenters. The maximum absolute atomic E-state index is 10.4. The van der Waals surface area contributed by atoms with Crippen molar-refractivity contribution >= 4 is 11.0 Å². The lowest BCUT2D eigenvalue weighted by molar-refractivity contribution is -0.0508. The van der Waals surface area contributed by atoms with E-state index in [1.807, 2.05) is 26.4 Å². The molecule has 3 aromatic heterocycles. The number of aliphatic hydroxyl groups excluding tert-OH is 3. The first kappa shape index (κ1) is 16.2. The van der Waals surface area contributed by atoms with Gasteiger partial charge >= 0.3 is 0 Å². The normalized spacial score (nSPS) is 26.6. The first-order valence-corrected chi connectivity index (χ1v) is 7.95. The van der Waals surface area contributed by atoms with E-state index in [2.05, 4.69) is 15.1 Å². The van der Waals surface area contributed by atoms with E-state index in [1.165, 1.54) is 6.33 Å². The van der Waals surface area contributed by atoms with E-state index >= 15 is 0 Å². The fourth-order valence-electron chi connectivity index (χ4n) is 3.32. The number of aliphatic hydroxyl groups is 3. The van der Waals surface area contributed by atoms with Crippen molar-refractivity contribution in [1.29, 1.82) is 0 Å². The van der Waals surface area contributed by atoms with E-state index in [-0.39, 0.29) is 6.61 Å². The Kier molecular flexibility index (Phi) is 3.80. The van der Waals surface area contributed by atoms with Gasteiger partial charge in [-0.05, 0) is 6.92 Å². The molecule has 0 aromatic carbocycles. The molecule has 4 rings (SSSR count). The molecule has 0 aliphatic carbocycles. The van der Waals surface area contributed by atoms with E-state index in [4.69, 9.17) is 4.74 Å². The van der Waals surface area contributed by atoms with Gasteiger partial charge in [-0.1, -0.05) is 0 Å². The molecular weight excluding hydrogens is 326 g/mol. The van der Waals surface area contributed by atoms with Gasteiger partial charge in [-0.3, -0.25) is 4.68 Å². The van der Waals surface area contributed by atoms with Crippen LogP contribution in [0.1, 0.15) is 11.9 Å². The molecule has 1 aliphatic heterocycles. The van der Waals surface area contributed by atoms with Gasteiger partial charge in [-0.25, -0.2) is 9.97 Å². The van der Waals surface area contributed by atoms with Crippen molar-refractivity contribution in [1.82, 2.24) is 24.3 Å². The second-order valence-corrected chi connectivity index (χ2v) is 6.24. The van der Waals surface area contributed by atoms with Crippen LogP contribution in [0.25, 0.3) is 22.2 Å². The Morgan fingerprint density at radius 1 is 1.20 bits per heavy atom. The van der Waals surface area contributed by atoms with Gasteiger partial charge < -0.3 is 24.6 Å². The van der Waals surface area contributed by atoms with Gasteiger partial charge in [-0.15, -0.1) is 0 Å². The van der Waals surface area contributed by atoms with Gasteiger partial charge in [0.05, 0.1) is 18.5 Å². The van der Waals surface area contributed by atoms with Crippen LogP contribution in [-0.2, 0) is 11.8 Å². The van der Waals surface area contributed by atoms with Crippen LogP contribution in [0, 0.1) is 6.92 Å². The van der Waals surface area contributed by atoms with E-state index < -0.39 is 24.5 Å². The molecule has 9 heteroatoms. The first-order chi connectivity index (χ1) is 12.0. The lowest BCUT2D eigenvalue weighted by Crippen LogP contribution is -2.33. The SMILES string of the molecule is Cc1ncnc2c1c(-c1cnn(C)c1)cn2[C@@H]1O[C@H](CO)[C@@H](O)[C@H]1O. The molecule has 4 heterocycles. The highest BCUT2D eigenvalue weighted by molar-refractivity contribution is 5.95. The number of hydrogen-bond donors (Lipinski definition) is 3. The number of fused-ring (bicyclic) bond motifs is 1. The molecule has 132 valence electrons. The highest BCUT2D eigenvalue weighted by atomic mass is 16.6. The largest absolute Gasteiger partial charge is 0.394 e. The summed E-state index contributed by atoms with van der Waals surface area (Å²) in [6.45, 7) is 1.50. The van der Waals surface area contributed by atoms with Crippen LogP contribution < -0.4 is 0 Å². The number of aryl methyl sites for hydroxylation is 2. The molecule has 3 N–H and O–H groups in total. The summed E-state index contributed by atoms with van der Waals surface area (Å²) in [7, 11) is 1.83. The highest BCUT2D eigenvalue weighted by Crippen LogP contribution is 2.37. The third kappa shape index (κ3) is 2.44. The van der Waals surface area contributed by atoms with Crippen molar-refractivity contribution in [2.45, 2.75) is 31.5 Å². The summed E-state index contributed by atoms with van der Waals surface area (Å²) in [4.78, 5) is 8.60. The van der Waals surface area contributed by atoms with Crippen molar-refractivity contribution < 1.29 is 20.1 Å². The summed E-state index contributed by atoms with van der Waals surface area (Å²) < 4.78 is 9.03. The molecular formula is C16H19N5O4. The monoisotopic (exact) mass is 345 g/mol. The van der Waals surface area contributed by atoms with Crippen LogP contribution in [0.2, 0.25) is 0 Å². The Bertz CT molecular complexity index is 921. The number of nitrogens with zero attached hydrogens (tertiary/aromatic N) is 5. The average molecular weight is 345 g/mol. The van der Waals surface area contributed by atoms with E-state index in [0.717, 1.165) is 22.2 Å². The predicted octanol–water partition coefficient (Wildman–Crippen LogP) is -0.248. The van der Waals surface area contributed by atoms with Gasteiger partial charge in [0.25, 0.3) is 0 Å². The molecule has 1 fully saturated rings. The number of aromatic nitrogens is 5. The first-order valence-electron chi connectivity index (χ1n) is 7.95. The zero-order valence-corrected chi connectivity index (χ0v) is 13.8. The van der Waals surface area contributed by atoms with Gasteiger partial charge in [0.2, 0.25) is 0 Å². The van der Waals surface area contributed by atoms with Gasteiger partial charge in [0.1, 0.15) is 30.3 Å². The van der Waals surface area contributed by atoms with Crippen molar-refractivity contribution in [3.05, 3.63) is 30.6 Å². The Labute approximate surface area is 143 Å². The lowest BCUT2D eigenvalue weighted by atomic mass is 10.1. The zero-order chi connectivity index (χ0) is 17.7. The molecule has 3 aromatic rings. The van der Waals surface area contributed by atoms with Gasteiger partial charge in [0.15, 0.2) is 6.23 Å². The number of hydrogen-bond acceptors (Lipinski definition) is 7. The second-order valence-electron chi connectivity index (χ2n) is 6.24. The Hall–Kier alpha value is -2.33. The summed E-state index contributed by atoms with van der Waals surface area (Å²) in [5, 5.41) is 34.8. The lowest BCUT2D eigenvalue weighted by Gasteiger charge is -2.17. The molecule has 1 saturated heterocycles. The molecule has 1 aliphatic rings. The molecule has 0 saturated carbocycles. The van der Waals surface area contributed by atoms with Crippen LogP contribution in [0.15, 0.2) is 24.9 Å². The van der Waals surface area contributed by atoms with Crippen LogP contribution in [-0.4, -0.2) is 64.6 Å². The molecule has 0 radical (unpaired) electrons. The highest BCUT2D eigenvalue weighted by Gasteiger charge is 2.44. The number of ether oxygens (including phenoxy) is 1. The topological polar surface area (TPSA) is 118 Å². The van der Waals surface area contributed by atoms with Gasteiger partial charge in [0, 0.05) is 36.0 Å². The molecule has 0 bridgehead atoms. The van der Waals surface area contributed by atoms with Gasteiger partial charge in [-0.2, -0.15) is 5.10 Å². The molecule has 9 nitrogen and oxygen atoms in total. The van der Waals surface area contributed by atoms with Crippen LogP contribution >= 0.6 is 0 Å². The Balaban J connectivity index is 1.90. The zero-order valence-electron chi connectivity index (χ0n) is 13.8. The molecule has 0 amide bonds. The maximum atomic E-state index is 10.4. The van der Waals surface area contributed by atoms with Crippen LogP contribution in [0.4, 0.5) is 0 Å². The Morgan fingerprint density at radius 3 is 2.64 bits per heavy atom. The van der Waals surface area contributed by atoms with Crippen LogP contribution in [0.5, 0.6) is 0 Å². The molecule has 25 heavy (non-hydrogen) atoms. The minimum atomic E-state index is -1.18. The van der Waals surface area contributed by atoms with Crippen molar-refractivity contribution in [3.8, 4) is 11.1 Å². The van der Waals surface area contributed by atoms with Crippen molar-refractivity contribution in [2.24, 2.45) is 7.05 Å². The summed E-state index contributed by atoms with van der Waals surface area (Å²) in [6, 6.07) is 0. The maximum Gasteiger partial charge on any atom is 0.164 e. The predicted molar refractivity (Wildman–Crippen MR) is 87.5 cm³/mol. The second kappa shape index (κ2) is 5.88. The number of rotatable bonds is 3. The van der Waals surface area contributed by atoms with Crippen molar-refractivity contribution in [2.75, 3.05) is 6.61 Å². The Morgan fingerprint density at radius 2 is 2.00 bits per heavy atom. The van der Waals surface area contributed by atoms with Crippen molar-refractivity contribution in [3.63, 3.8) is 0 Å². The summed E-state index contributed by atoms with van der Waals surface area (Å²) in [6.07, 6.45) is 2.83. The summed E-state index contributed by atoms with van der Waals surface area (Å²) >= 11 is 0. The average Bonchev–Trinajstić information content (AvgIpc) is 3.26. The third-order valence-corrected chi connectivity index (χ3v) is 4.61. The van der Waals surface area contributed by atoms with E-state index in [1.54, 1.807) is 15.4 Å². The standard InChI is InChI=1S/C16H19N5O4/c1-8-12-10(9-3-19-20(2)4-9)5-21(15(12)18-7-17-8)16-14(24)13(23)11(6-22)25-16/h3-5,7,11,13-14,16,22-24H,6H2,1-2H3/t11-,13-,14-,16-/m1/s1. The van der Waals surface area contributed by atoms with E-state index in [9.17, 15) is 15.3 Å². The van der Waals surface area contributed by atoms with Crippen LogP contribution in [0.3, 0.4) is 0 Å². The third-order valence-electron chi connectivity index (χ3n) is 4.61. The minimum absolute atomic E-state index is 0.378. The molecule has 0 unspecified atom stereocenters. The smallest absolute Gasteiger partial charge is 0.164 e. The van der Waals surface area contributed by atoms with E-state index in [0.29, 0.717) is 5.65 Å².